The number of benzene rings is 2. The molecule has 4 rings (SSSR count). The molecule has 5 nitrogen and oxygen atoms in total. The maximum absolute atomic E-state index is 12.8. The van der Waals surface area contributed by atoms with Gasteiger partial charge in [0.05, 0.1) is 13.0 Å². The molecule has 3 aromatic rings. The number of piperazine rings is 1. The van der Waals surface area contributed by atoms with Gasteiger partial charge in [-0.15, -0.1) is 0 Å². The Morgan fingerprint density at radius 3 is 2.54 bits per heavy atom. The standard InChI is InChI=1S/C21H24N4O/c26-21(17-19-7-3-6-18-5-1-2-8-20(18)19)24-14-11-23(12-15-24)13-16-25-10-4-9-22-25/h1-10H,11-17H2. The van der Waals surface area contributed by atoms with Gasteiger partial charge in [-0.3, -0.25) is 14.4 Å². The molecule has 1 saturated heterocycles. The molecular formula is C21H24N4O. The van der Waals surface area contributed by atoms with Crippen LogP contribution in [0.5, 0.6) is 0 Å². The Bertz CT molecular complexity index is 861. The van der Waals surface area contributed by atoms with E-state index in [-0.39, 0.29) is 5.91 Å². The maximum Gasteiger partial charge on any atom is 0.227 e. The summed E-state index contributed by atoms with van der Waals surface area (Å²) in [7, 11) is 0. The van der Waals surface area contributed by atoms with Crippen molar-refractivity contribution in [1.82, 2.24) is 19.6 Å². The third-order valence-electron chi connectivity index (χ3n) is 5.15. The molecule has 0 bridgehead atoms. The Morgan fingerprint density at radius 2 is 1.73 bits per heavy atom. The van der Waals surface area contributed by atoms with Gasteiger partial charge in [0.1, 0.15) is 0 Å². The molecule has 0 unspecified atom stereocenters. The SMILES string of the molecule is O=C(Cc1cccc2ccccc12)N1CCN(CCn2cccn2)CC1. The van der Waals surface area contributed by atoms with E-state index in [0.29, 0.717) is 6.42 Å². The smallest absolute Gasteiger partial charge is 0.227 e. The van der Waals surface area contributed by atoms with Gasteiger partial charge in [0.25, 0.3) is 0 Å². The van der Waals surface area contributed by atoms with E-state index < -0.39 is 0 Å². The van der Waals surface area contributed by atoms with Gasteiger partial charge in [-0.25, -0.2) is 0 Å². The molecule has 2 aromatic carbocycles. The maximum atomic E-state index is 12.8. The van der Waals surface area contributed by atoms with Crippen LogP contribution in [-0.4, -0.2) is 58.2 Å². The van der Waals surface area contributed by atoms with Crippen LogP contribution < -0.4 is 0 Å². The number of carbonyl (C=O) groups excluding carboxylic acids is 1. The van der Waals surface area contributed by atoms with Crippen molar-refractivity contribution in [3.8, 4) is 0 Å². The van der Waals surface area contributed by atoms with Gasteiger partial charge < -0.3 is 4.90 Å². The first kappa shape index (κ1) is 16.8. The van der Waals surface area contributed by atoms with E-state index >= 15 is 0 Å². The summed E-state index contributed by atoms with van der Waals surface area (Å²) in [5, 5.41) is 6.62. The predicted molar refractivity (Wildman–Crippen MR) is 103 cm³/mol. The van der Waals surface area contributed by atoms with Crippen LogP contribution in [0.1, 0.15) is 5.56 Å². The van der Waals surface area contributed by atoms with Gasteiger partial charge in [-0.2, -0.15) is 5.10 Å². The zero-order valence-electron chi connectivity index (χ0n) is 14.9. The van der Waals surface area contributed by atoms with Crippen molar-refractivity contribution in [1.29, 1.82) is 0 Å². The van der Waals surface area contributed by atoms with Gasteiger partial charge in [0.15, 0.2) is 0 Å². The van der Waals surface area contributed by atoms with E-state index in [1.807, 2.05) is 46.2 Å². The zero-order valence-corrected chi connectivity index (χ0v) is 14.9. The van der Waals surface area contributed by atoms with E-state index in [4.69, 9.17) is 0 Å². The first-order valence-electron chi connectivity index (χ1n) is 9.24. The summed E-state index contributed by atoms with van der Waals surface area (Å²) >= 11 is 0. The van der Waals surface area contributed by atoms with E-state index in [1.165, 1.54) is 10.8 Å². The van der Waals surface area contributed by atoms with Gasteiger partial charge in [0.2, 0.25) is 5.91 Å². The van der Waals surface area contributed by atoms with Crippen LogP contribution in [0.3, 0.4) is 0 Å². The Hall–Kier alpha value is -2.66. The molecule has 2 heterocycles. The molecule has 0 spiro atoms. The fourth-order valence-electron chi connectivity index (χ4n) is 3.62. The largest absolute Gasteiger partial charge is 0.340 e. The van der Waals surface area contributed by atoms with Crippen molar-refractivity contribution in [2.75, 3.05) is 32.7 Å². The van der Waals surface area contributed by atoms with Crippen molar-refractivity contribution in [2.45, 2.75) is 13.0 Å². The Kier molecular flexibility index (Phi) is 4.97. The summed E-state index contributed by atoms with van der Waals surface area (Å²) in [6, 6.07) is 16.4. The topological polar surface area (TPSA) is 41.4 Å². The molecule has 1 amide bonds. The summed E-state index contributed by atoms with van der Waals surface area (Å²) in [6.07, 6.45) is 4.28. The first-order valence-corrected chi connectivity index (χ1v) is 9.24. The highest BCUT2D eigenvalue weighted by Crippen LogP contribution is 2.19. The number of aromatic nitrogens is 2. The van der Waals surface area contributed by atoms with Crippen LogP contribution >= 0.6 is 0 Å². The molecule has 0 radical (unpaired) electrons. The number of carbonyl (C=O) groups is 1. The van der Waals surface area contributed by atoms with Crippen LogP contribution in [-0.2, 0) is 17.8 Å². The summed E-state index contributed by atoms with van der Waals surface area (Å²) < 4.78 is 1.96. The summed E-state index contributed by atoms with van der Waals surface area (Å²) in [6.45, 7) is 5.36. The third kappa shape index (κ3) is 3.78. The highest BCUT2D eigenvalue weighted by atomic mass is 16.2. The van der Waals surface area contributed by atoms with Crippen LogP contribution in [0.15, 0.2) is 60.9 Å². The second-order valence-electron chi connectivity index (χ2n) is 6.81. The second-order valence-corrected chi connectivity index (χ2v) is 6.81. The lowest BCUT2D eigenvalue weighted by Crippen LogP contribution is -2.49. The number of nitrogens with zero attached hydrogens (tertiary/aromatic N) is 4. The number of amides is 1. The molecule has 1 aromatic heterocycles. The lowest BCUT2D eigenvalue weighted by atomic mass is 10.0. The quantitative estimate of drug-likeness (QED) is 0.711. The van der Waals surface area contributed by atoms with Crippen molar-refractivity contribution in [2.24, 2.45) is 0 Å². The van der Waals surface area contributed by atoms with Gasteiger partial charge in [-0.1, -0.05) is 42.5 Å². The highest BCUT2D eigenvalue weighted by Gasteiger charge is 2.21. The zero-order chi connectivity index (χ0) is 17.8. The Balaban J connectivity index is 1.32. The average molecular weight is 348 g/mol. The molecule has 1 aliphatic rings. The van der Waals surface area contributed by atoms with E-state index in [0.717, 1.165) is 44.8 Å². The molecule has 1 fully saturated rings. The molecule has 26 heavy (non-hydrogen) atoms. The lowest BCUT2D eigenvalue weighted by molar-refractivity contribution is -0.132. The van der Waals surface area contributed by atoms with Gasteiger partial charge in [-0.05, 0) is 22.4 Å². The van der Waals surface area contributed by atoms with Crippen LogP contribution in [0.2, 0.25) is 0 Å². The summed E-state index contributed by atoms with van der Waals surface area (Å²) in [4.78, 5) is 17.2. The van der Waals surface area contributed by atoms with Crippen molar-refractivity contribution in [3.05, 3.63) is 66.5 Å². The third-order valence-corrected chi connectivity index (χ3v) is 5.15. The molecule has 134 valence electrons. The summed E-state index contributed by atoms with van der Waals surface area (Å²) in [5.41, 5.74) is 1.12. The number of hydrogen-bond acceptors (Lipinski definition) is 3. The molecule has 0 aliphatic carbocycles. The minimum absolute atomic E-state index is 0.230. The first-order chi connectivity index (χ1) is 12.8. The fraction of sp³-hybridized carbons (Fsp3) is 0.333. The van der Waals surface area contributed by atoms with Gasteiger partial charge >= 0.3 is 0 Å². The van der Waals surface area contributed by atoms with Crippen molar-refractivity contribution < 1.29 is 4.79 Å². The molecule has 0 N–H and O–H groups in total. The summed E-state index contributed by atoms with van der Waals surface area (Å²) in [5.74, 6) is 0.230. The molecular weight excluding hydrogens is 324 g/mol. The van der Waals surface area contributed by atoms with E-state index in [2.05, 4.69) is 34.3 Å². The molecule has 0 saturated carbocycles. The van der Waals surface area contributed by atoms with E-state index in [1.54, 1.807) is 0 Å². The lowest BCUT2D eigenvalue weighted by Gasteiger charge is -2.34. The Morgan fingerprint density at radius 1 is 0.923 bits per heavy atom. The Labute approximate surface area is 153 Å². The van der Waals surface area contributed by atoms with Crippen LogP contribution in [0.25, 0.3) is 10.8 Å². The number of hydrogen-bond donors (Lipinski definition) is 0. The fourth-order valence-corrected chi connectivity index (χ4v) is 3.62. The highest BCUT2D eigenvalue weighted by molar-refractivity contribution is 5.90. The van der Waals surface area contributed by atoms with Crippen molar-refractivity contribution in [3.63, 3.8) is 0 Å². The van der Waals surface area contributed by atoms with Crippen LogP contribution in [0, 0.1) is 0 Å². The number of fused-ring (bicyclic) bond motifs is 1. The molecule has 5 heteroatoms. The van der Waals surface area contributed by atoms with Crippen molar-refractivity contribution >= 4 is 16.7 Å². The number of rotatable bonds is 5. The predicted octanol–water partition coefficient (Wildman–Crippen LogP) is 2.42. The monoisotopic (exact) mass is 348 g/mol. The second kappa shape index (κ2) is 7.70. The van der Waals surface area contributed by atoms with Crippen LogP contribution in [0.4, 0.5) is 0 Å². The normalized spacial score (nSPS) is 15.5. The van der Waals surface area contributed by atoms with Gasteiger partial charge in [0, 0.05) is 45.1 Å². The molecule has 1 aliphatic heterocycles. The average Bonchev–Trinajstić information content (AvgIpc) is 3.21. The minimum Gasteiger partial charge on any atom is -0.340 e. The molecule has 0 atom stereocenters. The minimum atomic E-state index is 0.230. The van der Waals surface area contributed by atoms with E-state index in [9.17, 15) is 4.79 Å².